The predicted octanol–water partition coefficient (Wildman–Crippen LogP) is 2.90. The van der Waals surface area contributed by atoms with Crippen LogP contribution in [0.4, 0.5) is 15.8 Å². The molecule has 2 atom stereocenters. The van der Waals surface area contributed by atoms with Crippen LogP contribution in [0.15, 0.2) is 12.1 Å². The molecule has 100 valence electrons. The van der Waals surface area contributed by atoms with E-state index in [0.717, 1.165) is 19.5 Å². The molecule has 3 nitrogen and oxygen atoms in total. The van der Waals surface area contributed by atoms with E-state index in [-0.39, 0.29) is 5.82 Å². The molecule has 4 heteroatoms. The van der Waals surface area contributed by atoms with E-state index in [0.29, 0.717) is 29.0 Å². The second kappa shape index (κ2) is 5.04. The van der Waals surface area contributed by atoms with Crippen LogP contribution in [0.5, 0.6) is 5.75 Å². The van der Waals surface area contributed by atoms with E-state index >= 15 is 0 Å². The molecule has 2 unspecified atom stereocenters. The summed E-state index contributed by atoms with van der Waals surface area (Å²) >= 11 is 0. The summed E-state index contributed by atoms with van der Waals surface area (Å²) in [4.78, 5) is 2.09. The minimum atomic E-state index is -0.268. The number of anilines is 2. The highest BCUT2D eigenvalue weighted by Gasteiger charge is 2.25. The first-order valence-electron chi connectivity index (χ1n) is 6.41. The molecular formula is C14H21FN2O. The number of hydrogen-bond donors (Lipinski definition) is 1. The molecule has 0 saturated carbocycles. The van der Waals surface area contributed by atoms with Crippen molar-refractivity contribution in [2.45, 2.75) is 20.3 Å². The van der Waals surface area contributed by atoms with Crippen molar-refractivity contribution < 1.29 is 9.13 Å². The van der Waals surface area contributed by atoms with Crippen LogP contribution in [-0.2, 0) is 0 Å². The molecule has 0 aromatic heterocycles. The van der Waals surface area contributed by atoms with Crippen LogP contribution in [0.2, 0.25) is 0 Å². The van der Waals surface area contributed by atoms with Gasteiger partial charge in [0.15, 0.2) is 0 Å². The Labute approximate surface area is 108 Å². The van der Waals surface area contributed by atoms with E-state index < -0.39 is 0 Å². The van der Waals surface area contributed by atoms with Crippen molar-refractivity contribution in [1.29, 1.82) is 0 Å². The standard InChI is InChI=1S/C14H21FN2O/c1-9-4-5-17(8-10(9)2)13-7-14(18-3)12(16)6-11(13)15/h6-7,9-10H,4-5,8,16H2,1-3H3. The highest BCUT2D eigenvalue weighted by Crippen LogP contribution is 2.34. The number of nitrogens with two attached hydrogens (primary N) is 1. The fourth-order valence-electron chi connectivity index (χ4n) is 2.46. The van der Waals surface area contributed by atoms with Gasteiger partial charge in [0.25, 0.3) is 0 Å². The maximum atomic E-state index is 14.0. The number of piperidine rings is 1. The average Bonchev–Trinajstić information content (AvgIpc) is 2.33. The van der Waals surface area contributed by atoms with Gasteiger partial charge in [-0.25, -0.2) is 4.39 Å². The van der Waals surface area contributed by atoms with Crippen molar-refractivity contribution in [2.75, 3.05) is 30.8 Å². The van der Waals surface area contributed by atoms with Crippen LogP contribution in [0, 0.1) is 17.7 Å². The minimum absolute atomic E-state index is 0.268. The van der Waals surface area contributed by atoms with E-state index in [2.05, 4.69) is 18.7 Å². The average molecular weight is 252 g/mol. The zero-order chi connectivity index (χ0) is 13.3. The van der Waals surface area contributed by atoms with E-state index in [9.17, 15) is 4.39 Å². The minimum Gasteiger partial charge on any atom is -0.495 e. The molecule has 0 bridgehead atoms. The van der Waals surface area contributed by atoms with Crippen molar-refractivity contribution in [3.8, 4) is 5.75 Å². The van der Waals surface area contributed by atoms with Crippen LogP contribution in [0.1, 0.15) is 20.3 Å². The smallest absolute Gasteiger partial charge is 0.148 e. The molecule has 0 spiro atoms. The molecule has 1 saturated heterocycles. The first-order valence-corrected chi connectivity index (χ1v) is 6.41. The Morgan fingerprint density at radius 1 is 1.33 bits per heavy atom. The quantitative estimate of drug-likeness (QED) is 0.822. The molecule has 1 aliphatic heterocycles. The normalized spacial score (nSPS) is 24.1. The van der Waals surface area contributed by atoms with Crippen molar-refractivity contribution in [3.05, 3.63) is 17.9 Å². The topological polar surface area (TPSA) is 38.5 Å². The zero-order valence-corrected chi connectivity index (χ0v) is 11.2. The number of halogens is 1. The molecule has 1 aromatic rings. The third-order valence-electron chi connectivity index (χ3n) is 3.97. The van der Waals surface area contributed by atoms with E-state index in [1.54, 1.807) is 13.2 Å². The van der Waals surface area contributed by atoms with Gasteiger partial charge >= 0.3 is 0 Å². The molecule has 2 N–H and O–H groups in total. The third-order valence-corrected chi connectivity index (χ3v) is 3.97. The first kappa shape index (κ1) is 13.0. The van der Waals surface area contributed by atoms with E-state index in [4.69, 9.17) is 10.5 Å². The molecule has 0 amide bonds. The van der Waals surface area contributed by atoms with Gasteiger partial charge in [-0.15, -0.1) is 0 Å². The molecule has 0 radical (unpaired) electrons. The van der Waals surface area contributed by atoms with Crippen molar-refractivity contribution in [2.24, 2.45) is 11.8 Å². The molecule has 1 aliphatic rings. The lowest BCUT2D eigenvalue weighted by atomic mass is 9.88. The van der Waals surface area contributed by atoms with E-state index in [1.165, 1.54) is 6.07 Å². The Morgan fingerprint density at radius 3 is 2.67 bits per heavy atom. The molecule has 0 aliphatic carbocycles. The number of ether oxygens (including phenoxy) is 1. The Balaban J connectivity index is 2.28. The largest absolute Gasteiger partial charge is 0.495 e. The lowest BCUT2D eigenvalue weighted by Gasteiger charge is -2.37. The number of rotatable bonds is 2. The molecule has 2 rings (SSSR count). The number of nitrogens with zero attached hydrogens (tertiary/aromatic N) is 1. The van der Waals surface area contributed by atoms with Gasteiger partial charge < -0.3 is 15.4 Å². The summed E-state index contributed by atoms with van der Waals surface area (Å²) in [5, 5.41) is 0. The Kier molecular flexibility index (Phi) is 3.64. The van der Waals surface area contributed by atoms with Gasteiger partial charge in [-0.1, -0.05) is 13.8 Å². The second-order valence-electron chi connectivity index (χ2n) is 5.23. The second-order valence-corrected chi connectivity index (χ2v) is 5.23. The highest BCUT2D eigenvalue weighted by molar-refractivity contribution is 5.63. The summed E-state index contributed by atoms with van der Waals surface area (Å²) in [7, 11) is 1.55. The molecule has 1 heterocycles. The summed E-state index contributed by atoms with van der Waals surface area (Å²) in [5.74, 6) is 1.54. The molecule has 1 aromatic carbocycles. The van der Waals surface area contributed by atoms with Crippen LogP contribution in [-0.4, -0.2) is 20.2 Å². The molecule has 1 fully saturated rings. The fraction of sp³-hybridized carbons (Fsp3) is 0.571. The summed E-state index contributed by atoms with van der Waals surface area (Å²) in [5.41, 5.74) is 6.64. The Bertz CT molecular complexity index is 436. The summed E-state index contributed by atoms with van der Waals surface area (Å²) in [6.07, 6.45) is 1.09. The number of nitrogen functional groups attached to an aromatic ring is 1. The van der Waals surface area contributed by atoms with Crippen LogP contribution < -0.4 is 15.4 Å². The lowest BCUT2D eigenvalue weighted by molar-refractivity contribution is 0.322. The Morgan fingerprint density at radius 2 is 2.06 bits per heavy atom. The van der Waals surface area contributed by atoms with Crippen molar-refractivity contribution in [1.82, 2.24) is 0 Å². The zero-order valence-electron chi connectivity index (χ0n) is 11.2. The van der Waals surface area contributed by atoms with Gasteiger partial charge in [-0.3, -0.25) is 0 Å². The van der Waals surface area contributed by atoms with Gasteiger partial charge in [-0.2, -0.15) is 0 Å². The Hall–Kier alpha value is -1.45. The summed E-state index contributed by atoms with van der Waals surface area (Å²) in [6.45, 7) is 6.23. The van der Waals surface area contributed by atoms with Gasteiger partial charge in [0.1, 0.15) is 11.6 Å². The molecule has 18 heavy (non-hydrogen) atoms. The van der Waals surface area contributed by atoms with Crippen molar-refractivity contribution in [3.63, 3.8) is 0 Å². The lowest BCUT2D eigenvalue weighted by Crippen LogP contribution is -2.38. The van der Waals surface area contributed by atoms with E-state index in [1.807, 2.05) is 0 Å². The number of hydrogen-bond acceptors (Lipinski definition) is 3. The SMILES string of the molecule is COc1cc(N2CCC(C)C(C)C2)c(F)cc1N. The maximum Gasteiger partial charge on any atom is 0.148 e. The molecular weight excluding hydrogens is 231 g/mol. The monoisotopic (exact) mass is 252 g/mol. The third kappa shape index (κ3) is 2.37. The number of benzene rings is 1. The summed E-state index contributed by atoms with van der Waals surface area (Å²) < 4.78 is 19.2. The van der Waals surface area contributed by atoms with Crippen LogP contribution in [0.3, 0.4) is 0 Å². The van der Waals surface area contributed by atoms with Crippen LogP contribution in [0.25, 0.3) is 0 Å². The van der Waals surface area contributed by atoms with Gasteiger partial charge in [0.05, 0.1) is 18.5 Å². The van der Waals surface area contributed by atoms with Crippen LogP contribution >= 0.6 is 0 Å². The van der Waals surface area contributed by atoms with Gasteiger partial charge in [0.2, 0.25) is 0 Å². The number of methoxy groups -OCH3 is 1. The van der Waals surface area contributed by atoms with Crippen molar-refractivity contribution >= 4 is 11.4 Å². The first-order chi connectivity index (χ1) is 8.52. The predicted molar refractivity (Wildman–Crippen MR) is 72.5 cm³/mol. The van der Waals surface area contributed by atoms with Gasteiger partial charge in [0, 0.05) is 25.2 Å². The summed E-state index contributed by atoms with van der Waals surface area (Å²) in [6, 6.07) is 3.05. The fourth-order valence-corrected chi connectivity index (χ4v) is 2.46. The van der Waals surface area contributed by atoms with Gasteiger partial charge in [-0.05, 0) is 18.3 Å². The highest BCUT2D eigenvalue weighted by atomic mass is 19.1. The maximum absolute atomic E-state index is 14.0.